The van der Waals surface area contributed by atoms with Crippen molar-refractivity contribution in [1.29, 1.82) is 0 Å². The SMILES string of the molecule is O=C1C=Nc2ccccc2C1.O=CO. The van der Waals surface area contributed by atoms with Crippen molar-refractivity contribution in [3.8, 4) is 0 Å². The number of para-hydroxylation sites is 1. The van der Waals surface area contributed by atoms with Gasteiger partial charge in [0.2, 0.25) is 0 Å². The molecule has 1 aliphatic heterocycles. The molecule has 0 aliphatic carbocycles. The highest BCUT2D eigenvalue weighted by Crippen LogP contribution is 2.21. The van der Waals surface area contributed by atoms with Crippen LogP contribution >= 0.6 is 0 Å². The van der Waals surface area contributed by atoms with Crippen LogP contribution in [-0.2, 0) is 16.0 Å². The molecule has 1 heterocycles. The molecule has 0 aromatic heterocycles. The van der Waals surface area contributed by atoms with E-state index in [1.807, 2.05) is 24.3 Å². The molecule has 0 amide bonds. The summed E-state index contributed by atoms with van der Waals surface area (Å²) in [6.07, 6.45) is 1.89. The predicted octanol–water partition coefficient (Wildman–Crippen LogP) is 1.21. The smallest absolute Gasteiger partial charge is 0.290 e. The van der Waals surface area contributed by atoms with Crippen molar-refractivity contribution in [2.24, 2.45) is 4.99 Å². The van der Waals surface area contributed by atoms with Crippen LogP contribution in [0.4, 0.5) is 5.69 Å². The van der Waals surface area contributed by atoms with Crippen LogP contribution in [0, 0.1) is 0 Å². The van der Waals surface area contributed by atoms with E-state index in [0.717, 1.165) is 11.3 Å². The Labute approximate surface area is 80.9 Å². The van der Waals surface area contributed by atoms with E-state index in [1.54, 1.807) is 0 Å². The number of ketones is 1. The second-order valence-electron chi connectivity index (χ2n) is 2.64. The first kappa shape index (κ1) is 10.1. The normalized spacial score (nSPS) is 12.4. The molecular weight excluding hydrogens is 182 g/mol. The Hall–Kier alpha value is -1.97. The Kier molecular flexibility index (Phi) is 3.55. The van der Waals surface area contributed by atoms with Gasteiger partial charge in [0.25, 0.3) is 6.47 Å². The third-order valence-electron chi connectivity index (χ3n) is 1.70. The monoisotopic (exact) mass is 191 g/mol. The number of nitrogens with zero attached hydrogens (tertiary/aromatic N) is 1. The standard InChI is InChI=1S/C9H7NO.CH2O2/c11-8-5-7-3-1-2-4-9(7)10-6-8;2-1-3/h1-4,6H,5H2;1H,(H,2,3). The van der Waals surface area contributed by atoms with Crippen molar-refractivity contribution in [2.45, 2.75) is 6.42 Å². The van der Waals surface area contributed by atoms with Crippen LogP contribution in [0.5, 0.6) is 0 Å². The average Bonchev–Trinajstić information content (AvgIpc) is 2.19. The number of aliphatic imine (C=N–C) groups is 1. The first-order valence-electron chi connectivity index (χ1n) is 4.00. The summed E-state index contributed by atoms with van der Waals surface area (Å²) in [6.45, 7) is -0.250. The first-order chi connectivity index (χ1) is 6.77. The molecule has 0 unspecified atom stereocenters. The third kappa shape index (κ3) is 2.52. The van der Waals surface area contributed by atoms with Crippen LogP contribution in [0.2, 0.25) is 0 Å². The lowest BCUT2D eigenvalue weighted by atomic mass is 10.1. The largest absolute Gasteiger partial charge is 0.483 e. The molecule has 0 saturated carbocycles. The predicted molar refractivity (Wildman–Crippen MR) is 52.0 cm³/mol. The minimum Gasteiger partial charge on any atom is -0.483 e. The molecule has 1 aliphatic rings. The Bertz CT molecular complexity index is 371. The van der Waals surface area contributed by atoms with Gasteiger partial charge in [0.1, 0.15) is 0 Å². The third-order valence-corrected chi connectivity index (χ3v) is 1.70. The molecule has 0 fully saturated rings. The molecule has 4 heteroatoms. The van der Waals surface area contributed by atoms with Gasteiger partial charge in [0, 0.05) is 6.42 Å². The molecule has 0 atom stereocenters. The highest BCUT2D eigenvalue weighted by atomic mass is 16.3. The number of carbonyl (C=O) groups is 2. The fourth-order valence-electron chi connectivity index (χ4n) is 1.16. The number of benzene rings is 1. The zero-order valence-corrected chi connectivity index (χ0v) is 7.38. The molecule has 1 aromatic rings. The van der Waals surface area contributed by atoms with Crippen LogP contribution in [0.15, 0.2) is 29.3 Å². The van der Waals surface area contributed by atoms with Gasteiger partial charge in [-0.2, -0.15) is 0 Å². The van der Waals surface area contributed by atoms with Gasteiger partial charge in [-0.15, -0.1) is 0 Å². The van der Waals surface area contributed by atoms with Crippen molar-refractivity contribution < 1.29 is 14.7 Å². The van der Waals surface area contributed by atoms with Crippen molar-refractivity contribution in [3.05, 3.63) is 29.8 Å². The van der Waals surface area contributed by atoms with E-state index >= 15 is 0 Å². The van der Waals surface area contributed by atoms with Crippen LogP contribution < -0.4 is 0 Å². The molecule has 0 saturated heterocycles. The summed E-state index contributed by atoms with van der Waals surface area (Å²) in [5.74, 6) is 0.0868. The summed E-state index contributed by atoms with van der Waals surface area (Å²) in [4.78, 5) is 23.2. The Balaban J connectivity index is 0.000000293. The summed E-state index contributed by atoms with van der Waals surface area (Å²) in [7, 11) is 0. The number of carbonyl (C=O) groups excluding carboxylic acids is 1. The quantitative estimate of drug-likeness (QED) is 0.627. The van der Waals surface area contributed by atoms with E-state index in [-0.39, 0.29) is 12.3 Å². The average molecular weight is 191 g/mol. The summed E-state index contributed by atoms with van der Waals surface area (Å²) in [5.41, 5.74) is 1.95. The molecule has 0 radical (unpaired) electrons. The van der Waals surface area contributed by atoms with Gasteiger partial charge in [0.15, 0.2) is 5.78 Å². The number of hydrogen-bond acceptors (Lipinski definition) is 3. The van der Waals surface area contributed by atoms with Gasteiger partial charge in [0.05, 0.1) is 11.9 Å². The second-order valence-corrected chi connectivity index (χ2v) is 2.64. The second kappa shape index (κ2) is 4.91. The summed E-state index contributed by atoms with van der Waals surface area (Å²) in [6, 6.07) is 7.70. The molecule has 1 aromatic carbocycles. The number of fused-ring (bicyclic) bond motifs is 1. The van der Waals surface area contributed by atoms with Crippen LogP contribution in [0.25, 0.3) is 0 Å². The van der Waals surface area contributed by atoms with E-state index in [4.69, 9.17) is 9.90 Å². The number of carboxylic acid groups (broad SMARTS) is 1. The van der Waals surface area contributed by atoms with Gasteiger partial charge >= 0.3 is 0 Å². The summed E-state index contributed by atoms with van der Waals surface area (Å²) < 4.78 is 0. The van der Waals surface area contributed by atoms with Crippen molar-refractivity contribution in [2.75, 3.05) is 0 Å². The van der Waals surface area contributed by atoms with Crippen LogP contribution in [0.3, 0.4) is 0 Å². The Morgan fingerprint density at radius 1 is 1.36 bits per heavy atom. The number of hydrogen-bond donors (Lipinski definition) is 1. The van der Waals surface area contributed by atoms with Gasteiger partial charge in [-0.25, -0.2) is 0 Å². The Morgan fingerprint density at radius 2 is 2.00 bits per heavy atom. The molecule has 0 bridgehead atoms. The maximum absolute atomic E-state index is 10.9. The zero-order chi connectivity index (χ0) is 10.4. The van der Waals surface area contributed by atoms with Crippen molar-refractivity contribution in [1.82, 2.24) is 0 Å². The first-order valence-corrected chi connectivity index (χ1v) is 4.00. The molecule has 72 valence electrons. The lowest BCUT2D eigenvalue weighted by Crippen LogP contribution is -2.07. The molecular formula is C10H9NO3. The zero-order valence-electron chi connectivity index (χ0n) is 7.38. The highest BCUT2D eigenvalue weighted by molar-refractivity contribution is 6.29. The molecule has 0 spiro atoms. The van der Waals surface area contributed by atoms with Gasteiger partial charge < -0.3 is 5.11 Å². The number of rotatable bonds is 0. The Morgan fingerprint density at radius 3 is 2.71 bits per heavy atom. The van der Waals surface area contributed by atoms with Crippen LogP contribution in [-0.4, -0.2) is 23.6 Å². The number of Topliss-reactive ketones (excluding diaryl/α,β-unsaturated/α-hetero) is 1. The van der Waals surface area contributed by atoms with Crippen molar-refractivity contribution >= 4 is 24.2 Å². The fraction of sp³-hybridized carbons (Fsp3) is 0.100. The topological polar surface area (TPSA) is 66.7 Å². The van der Waals surface area contributed by atoms with Gasteiger partial charge in [-0.1, -0.05) is 18.2 Å². The fourth-order valence-corrected chi connectivity index (χ4v) is 1.16. The summed E-state index contributed by atoms with van der Waals surface area (Å²) in [5, 5.41) is 6.89. The minimum atomic E-state index is -0.250. The molecule has 2 rings (SSSR count). The van der Waals surface area contributed by atoms with Gasteiger partial charge in [-0.3, -0.25) is 14.6 Å². The molecule has 14 heavy (non-hydrogen) atoms. The van der Waals surface area contributed by atoms with E-state index in [2.05, 4.69) is 4.99 Å². The summed E-state index contributed by atoms with van der Waals surface area (Å²) >= 11 is 0. The molecule has 1 N–H and O–H groups in total. The van der Waals surface area contributed by atoms with E-state index < -0.39 is 0 Å². The maximum atomic E-state index is 10.9. The van der Waals surface area contributed by atoms with Crippen molar-refractivity contribution in [3.63, 3.8) is 0 Å². The molecule has 4 nitrogen and oxygen atoms in total. The lowest BCUT2D eigenvalue weighted by molar-refractivity contribution is -0.122. The van der Waals surface area contributed by atoms with E-state index in [9.17, 15) is 4.79 Å². The van der Waals surface area contributed by atoms with Gasteiger partial charge in [-0.05, 0) is 11.6 Å². The highest BCUT2D eigenvalue weighted by Gasteiger charge is 2.09. The maximum Gasteiger partial charge on any atom is 0.290 e. The lowest BCUT2D eigenvalue weighted by Gasteiger charge is -2.06. The van der Waals surface area contributed by atoms with Crippen LogP contribution in [0.1, 0.15) is 5.56 Å². The minimum absolute atomic E-state index is 0.0868. The van der Waals surface area contributed by atoms with E-state index in [0.29, 0.717) is 6.42 Å². The van der Waals surface area contributed by atoms with E-state index in [1.165, 1.54) is 6.21 Å².